The van der Waals surface area contributed by atoms with Crippen LogP contribution in [0.15, 0.2) is 28.8 Å². The zero-order valence-corrected chi connectivity index (χ0v) is 11.1. The lowest BCUT2D eigenvalue weighted by atomic mass is 10.1. The number of non-ortho nitro benzene ring substituents is 1. The lowest BCUT2D eigenvalue weighted by Gasteiger charge is -2.00. The van der Waals surface area contributed by atoms with Crippen molar-refractivity contribution in [3.8, 4) is 11.3 Å². The van der Waals surface area contributed by atoms with Gasteiger partial charge in [-0.3, -0.25) is 10.1 Å². The SMILES string of the molecule is Cc1cc(-c2cnc(CNC3CC3)o2)cc([N+](=O)[O-])c1. The molecule has 1 fully saturated rings. The standard InChI is InChI=1S/C14H15N3O3/c1-9-4-10(6-12(5-9)17(18)19)13-7-16-14(20-13)8-15-11-2-3-11/h4-7,11,15H,2-3,8H2,1H3. The van der Waals surface area contributed by atoms with Crippen LogP contribution >= 0.6 is 0 Å². The summed E-state index contributed by atoms with van der Waals surface area (Å²) in [6, 6.07) is 5.48. The molecule has 1 aliphatic rings. The Morgan fingerprint density at radius 3 is 2.95 bits per heavy atom. The van der Waals surface area contributed by atoms with E-state index in [4.69, 9.17) is 4.42 Å². The minimum Gasteiger partial charge on any atom is -0.439 e. The average Bonchev–Trinajstić information content (AvgIpc) is 3.12. The van der Waals surface area contributed by atoms with Gasteiger partial charge in [-0.05, 0) is 31.4 Å². The van der Waals surface area contributed by atoms with Crippen molar-refractivity contribution < 1.29 is 9.34 Å². The van der Waals surface area contributed by atoms with E-state index in [1.165, 1.54) is 25.0 Å². The fourth-order valence-electron chi connectivity index (χ4n) is 2.06. The number of oxazole rings is 1. The third-order valence-corrected chi connectivity index (χ3v) is 3.23. The Morgan fingerprint density at radius 1 is 1.45 bits per heavy atom. The maximum absolute atomic E-state index is 10.9. The number of aryl methyl sites for hydroxylation is 1. The molecule has 3 rings (SSSR count). The molecule has 1 N–H and O–H groups in total. The second kappa shape index (κ2) is 5.05. The van der Waals surface area contributed by atoms with Gasteiger partial charge >= 0.3 is 0 Å². The quantitative estimate of drug-likeness (QED) is 0.669. The molecule has 1 aromatic carbocycles. The van der Waals surface area contributed by atoms with Gasteiger partial charge in [0.2, 0.25) is 5.89 Å². The second-order valence-corrected chi connectivity index (χ2v) is 5.09. The van der Waals surface area contributed by atoms with Gasteiger partial charge in [0, 0.05) is 23.7 Å². The first-order valence-corrected chi connectivity index (χ1v) is 6.56. The van der Waals surface area contributed by atoms with E-state index in [9.17, 15) is 10.1 Å². The minimum absolute atomic E-state index is 0.0639. The zero-order chi connectivity index (χ0) is 14.1. The predicted octanol–water partition coefficient (Wildman–Crippen LogP) is 2.81. The molecule has 0 saturated heterocycles. The summed E-state index contributed by atoms with van der Waals surface area (Å²) in [4.78, 5) is 14.7. The van der Waals surface area contributed by atoms with Crippen LogP contribution in [0.25, 0.3) is 11.3 Å². The number of hydrogen-bond donors (Lipinski definition) is 1. The number of rotatable bonds is 5. The number of nitro benzene ring substituents is 1. The number of aromatic nitrogens is 1. The fourth-order valence-corrected chi connectivity index (χ4v) is 2.06. The van der Waals surface area contributed by atoms with Gasteiger partial charge in [-0.1, -0.05) is 0 Å². The summed E-state index contributed by atoms with van der Waals surface area (Å²) in [5.74, 6) is 1.17. The zero-order valence-electron chi connectivity index (χ0n) is 11.1. The van der Waals surface area contributed by atoms with Crippen LogP contribution in [-0.2, 0) is 6.54 Å². The van der Waals surface area contributed by atoms with Crippen molar-refractivity contribution in [3.63, 3.8) is 0 Å². The van der Waals surface area contributed by atoms with Crippen LogP contribution in [0, 0.1) is 17.0 Å². The smallest absolute Gasteiger partial charge is 0.270 e. The molecule has 0 atom stereocenters. The molecule has 0 spiro atoms. The number of nitrogens with one attached hydrogen (secondary N) is 1. The summed E-state index contributed by atoms with van der Waals surface area (Å²) in [7, 11) is 0. The molecule has 1 aromatic heterocycles. The van der Waals surface area contributed by atoms with Crippen molar-refractivity contribution in [2.45, 2.75) is 32.4 Å². The molecule has 20 heavy (non-hydrogen) atoms. The lowest BCUT2D eigenvalue weighted by molar-refractivity contribution is -0.384. The molecule has 2 aromatic rings. The first-order valence-electron chi connectivity index (χ1n) is 6.56. The van der Waals surface area contributed by atoms with E-state index < -0.39 is 4.92 Å². The average molecular weight is 273 g/mol. The number of nitro groups is 1. The molecule has 6 nitrogen and oxygen atoms in total. The molecule has 0 bridgehead atoms. The molecular weight excluding hydrogens is 258 g/mol. The molecule has 1 aliphatic carbocycles. The predicted molar refractivity (Wildman–Crippen MR) is 73.2 cm³/mol. The van der Waals surface area contributed by atoms with Crippen LogP contribution in [0.1, 0.15) is 24.3 Å². The van der Waals surface area contributed by atoms with Crippen LogP contribution in [0.5, 0.6) is 0 Å². The second-order valence-electron chi connectivity index (χ2n) is 5.09. The van der Waals surface area contributed by atoms with Gasteiger partial charge in [0.15, 0.2) is 5.76 Å². The summed E-state index contributed by atoms with van der Waals surface area (Å²) >= 11 is 0. The van der Waals surface area contributed by atoms with Gasteiger partial charge in [-0.25, -0.2) is 4.98 Å². The Hall–Kier alpha value is -2.21. The number of hydrogen-bond acceptors (Lipinski definition) is 5. The van der Waals surface area contributed by atoms with Crippen molar-refractivity contribution in [1.29, 1.82) is 0 Å². The van der Waals surface area contributed by atoms with Crippen LogP contribution < -0.4 is 5.32 Å². The molecule has 0 amide bonds. The highest BCUT2D eigenvalue weighted by molar-refractivity contribution is 5.61. The molecule has 1 heterocycles. The number of nitrogens with zero attached hydrogens (tertiary/aromatic N) is 2. The molecular formula is C14H15N3O3. The fraction of sp³-hybridized carbons (Fsp3) is 0.357. The van der Waals surface area contributed by atoms with E-state index in [1.807, 2.05) is 13.0 Å². The Kier molecular flexibility index (Phi) is 3.23. The molecule has 104 valence electrons. The normalized spacial score (nSPS) is 14.4. The third-order valence-electron chi connectivity index (χ3n) is 3.23. The van der Waals surface area contributed by atoms with Gasteiger partial charge in [0.25, 0.3) is 5.69 Å². The number of benzene rings is 1. The minimum atomic E-state index is -0.400. The Labute approximate surface area is 116 Å². The summed E-state index contributed by atoms with van der Waals surface area (Å²) in [6.45, 7) is 2.42. The van der Waals surface area contributed by atoms with Gasteiger partial charge in [0.05, 0.1) is 17.7 Å². The summed E-state index contributed by atoms with van der Waals surface area (Å²) in [5.41, 5.74) is 1.57. The van der Waals surface area contributed by atoms with E-state index in [0.29, 0.717) is 29.8 Å². The molecule has 6 heteroatoms. The van der Waals surface area contributed by atoms with Gasteiger partial charge in [-0.2, -0.15) is 0 Å². The Balaban J connectivity index is 1.82. The van der Waals surface area contributed by atoms with Gasteiger partial charge in [-0.15, -0.1) is 0 Å². The van der Waals surface area contributed by atoms with Gasteiger partial charge in [0.1, 0.15) is 0 Å². The van der Waals surface area contributed by atoms with Crippen molar-refractivity contribution >= 4 is 5.69 Å². The van der Waals surface area contributed by atoms with E-state index in [2.05, 4.69) is 10.3 Å². The molecule has 0 radical (unpaired) electrons. The van der Waals surface area contributed by atoms with Gasteiger partial charge < -0.3 is 9.73 Å². The highest BCUT2D eigenvalue weighted by Crippen LogP contribution is 2.27. The van der Waals surface area contributed by atoms with Crippen molar-refractivity contribution in [2.75, 3.05) is 0 Å². The summed E-state index contributed by atoms with van der Waals surface area (Å²) < 4.78 is 5.64. The molecule has 0 aliphatic heterocycles. The lowest BCUT2D eigenvalue weighted by Crippen LogP contribution is -2.15. The van der Waals surface area contributed by atoms with E-state index in [1.54, 1.807) is 6.20 Å². The van der Waals surface area contributed by atoms with Crippen LogP contribution in [0.4, 0.5) is 5.69 Å². The molecule has 0 unspecified atom stereocenters. The largest absolute Gasteiger partial charge is 0.439 e. The van der Waals surface area contributed by atoms with Crippen molar-refractivity contribution in [1.82, 2.24) is 10.3 Å². The highest BCUT2D eigenvalue weighted by Gasteiger charge is 2.21. The summed E-state index contributed by atoms with van der Waals surface area (Å²) in [6.07, 6.45) is 4.03. The molecule has 1 saturated carbocycles. The van der Waals surface area contributed by atoms with Crippen molar-refractivity contribution in [2.24, 2.45) is 0 Å². The van der Waals surface area contributed by atoms with Crippen LogP contribution in [0.2, 0.25) is 0 Å². The third kappa shape index (κ3) is 2.85. The first-order chi connectivity index (χ1) is 9.61. The Morgan fingerprint density at radius 2 is 2.25 bits per heavy atom. The topological polar surface area (TPSA) is 81.2 Å². The van der Waals surface area contributed by atoms with E-state index >= 15 is 0 Å². The first kappa shape index (κ1) is 12.8. The maximum Gasteiger partial charge on any atom is 0.270 e. The summed E-state index contributed by atoms with van der Waals surface area (Å²) in [5, 5.41) is 14.2. The Bertz CT molecular complexity index is 647. The highest BCUT2D eigenvalue weighted by atomic mass is 16.6. The van der Waals surface area contributed by atoms with E-state index in [-0.39, 0.29) is 5.69 Å². The van der Waals surface area contributed by atoms with Crippen LogP contribution in [-0.4, -0.2) is 15.9 Å². The monoisotopic (exact) mass is 273 g/mol. The van der Waals surface area contributed by atoms with E-state index in [0.717, 1.165) is 5.56 Å². The van der Waals surface area contributed by atoms with Crippen LogP contribution in [0.3, 0.4) is 0 Å². The van der Waals surface area contributed by atoms with Crippen molar-refractivity contribution in [3.05, 3.63) is 46.0 Å². The maximum atomic E-state index is 10.9.